The van der Waals surface area contributed by atoms with Crippen molar-refractivity contribution in [2.24, 2.45) is 0 Å². The van der Waals surface area contributed by atoms with E-state index in [1.165, 1.54) is 42.8 Å². The summed E-state index contributed by atoms with van der Waals surface area (Å²) in [6.45, 7) is 0. The molecule has 11 aromatic rings. The molecule has 0 aliphatic carbocycles. The fourth-order valence-electron chi connectivity index (χ4n) is 7.63. The van der Waals surface area contributed by atoms with Gasteiger partial charge in [-0.15, -0.1) is 11.3 Å². The van der Waals surface area contributed by atoms with Crippen LogP contribution in [0.4, 0.5) is 0 Å². The van der Waals surface area contributed by atoms with Gasteiger partial charge in [0.05, 0.1) is 26.3 Å². The Morgan fingerprint density at radius 3 is 2.00 bits per heavy atom. The summed E-state index contributed by atoms with van der Waals surface area (Å²) in [6, 6.07) is 42.5. The van der Waals surface area contributed by atoms with Gasteiger partial charge in [0.2, 0.25) is 0 Å². The summed E-state index contributed by atoms with van der Waals surface area (Å²) in [5, 5.41) is 9.24. The van der Waals surface area contributed by atoms with E-state index in [1.807, 2.05) is 36.4 Å². The van der Waals surface area contributed by atoms with Crippen molar-refractivity contribution in [3.05, 3.63) is 170 Å². The van der Waals surface area contributed by atoms with Gasteiger partial charge in [-0.1, -0.05) is 133 Å². The van der Waals surface area contributed by atoms with Gasteiger partial charge in [-0.3, -0.25) is 4.98 Å². The maximum atomic E-state index is 9.07. The largest absolute Gasteiger partial charge is 0.254 e. The predicted octanol–water partition coefficient (Wildman–Crippen LogP) is 13.6. The number of rotatable bonds is 4. The Balaban J connectivity index is 1.03. The molecule has 0 spiro atoms. The van der Waals surface area contributed by atoms with Gasteiger partial charge in [0.1, 0.15) is 0 Å². The van der Waals surface area contributed by atoms with Crippen LogP contribution in [0.5, 0.6) is 0 Å². The van der Waals surface area contributed by atoms with E-state index < -0.39 is 12.2 Å². The highest BCUT2D eigenvalue weighted by molar-refractivity contribution is 7.19. The molecule has 0 unspecified atom stereocenters. The summed E-state index contributed by atoms with van der Waals surface area (Å²) >= 11 is 1.77. The Bertz CT molecular complexity index is 3550. The molecule has 8 aromatic carbocycles. The van der Waals surface area contributed by atoms with E-state index in [0.29, 0.717) is 5.56 Å². The Kier molecular flexibility index (Phi) is 4.84. The van der Waals surface area contributed by atoms with Gasteiger partial charge in [-0.2, -0.15) is 0 Å². The second kappa shape index (κ2) is 11.0. The van der Waals surface area contributed by atoms with Crippen molar-refractivity contribution in [2.75, 3.05) is 0 Å². The number of fused-ring (bicyclic) bond motifs is 4. The summed E-state index contributed by atoms with van der Waals surface area (Å²) in [5.41, 5.74) is 5.19. The lowest BCUT2D eigenvalue weighted by molar-refractivity contribution is 1.37. The lowest BCUT2D eigenvalue weighted by atomic mass is 9.91. The van der Waals surface area contributed by atoms with Crippen LogP contribution in [0.1, 0.15) is 9.60 Å². The normalized spacial score (nSPS) is 13.8. The van der Waals surface area contributed by atoms with E-state index in [-0.39, 0.29) is 57.7 Å². The quantitative estimate of drug-likeness (QED) is 0.174. The van der Waals surface area contributed by atoms with Gasteiger partial charge in [0, 0.05) is 32.3 Å². The number of benzene rings is 8. The summed E-state index contributed by atoms with van der Waals surface area (Å²) in [5.74, 6) is 0. The van der Waals surface area contributed by atoms with E-state index in [4.69, 9.17) is 14.6 Å². The third kappa shape index (κ3) is 4.42. The van der Waals surface area contributed by atoms with Crippen molar-refractivity contribution in [2.45, 2.75) is 0 Å². The Labute approximate surface area is 308 Å². The van der Waals surface area contributed by atoms with Gasteiger partial charge >= 0.3 is 0 Å². The van der Waals surface area contributed by atoms with Crippen LogP contribution in [0.3, 0.4) is 0 Å². The number of nitrogens with zero attached hydrogens (tertiary/aromatic N) is 2. The molecule has 3 heteroatoms. The van der Waals surface area contributed by atoms with Gasteiger partial charge in [0.25, 0.3) is 0 Å². The number of aromatic nitrogens is 2. The predicted molar refractivity (Wildman–Crippen MR) is 218 cm³/mol. The summed E-state index contributed by atoms with van der Waals surface area (Å²) in [7, 11) is 0. The Morgan fingerprint density at radius 2 is 1.12 bits per heavy atom. The molecule has 0 fully saturated rings. The highest BCUT2D eigenvalue weighted by atomic mass is 32.1. The maximum absolute atomic E-state index is 9.07. The number of pyridine rings is 2. The van der Waals surface area contributed by atoms with Crippen LogP contribution in [0.25, 0.3) is 108 Å². The van der Waals surface area contributed by atoms with Crippen molar-refractivity contribution >= 4 is 76.2 Å². The molecule has 0 aliphatic rings. The van der Waals surface area contributed by atoms with Crippen molar-refractivity contribution in [3.63, 3.8) is 0 Å². The van der Waals surface area contributed by atoms with Crippen LogP contribution < -0.4 is 0 Å². The molecule has 236 valence electrons. The first-order chi connectivity index (χ1) is 28.2. The van der Waals surface area contributed by atoms with Crippen molar-refractivity contribution < 1.29 is 9.60 Å². The minimum absolute atomic E-state index is 0.00498. The van der Waals surface area contributed by atoms with Crippen LogP contribution in [-0.2, 0) is 0 Å². The van der Waals surface area contributed by atoms with Crippen LogP contribution in [-0.4, -0.2) is 9.97 Å². The zero-order valence-electron chi connectivity index (χ0n) is 33.9. The first-order valence-corrected chi connectivity index (χ1v) is 17.6. The first kappa shape index (κ1) is 22.3. The van der Waals surface area contributed by atoms with E-state index in [9.17, 15) is 0 Å². The lowest BCUT2D eigenvalue weighted by Crippen LogP contribution is -1.91. The molecule has 0 bridgehead atoms. The maximum Gasteiger partial charge on any atom is 0.0972 e. The van der Waals surface area contributed by atoms with Crippen LogP contribution in [0.2, 0.25) is 0 Å². The molecule has 0 N–H and O–H groups in total. The van der Waals surface area contributed by atoms with Crippen molar-refractivity contribution in [3.8, 4) is 43.3 Å². The van der Waals surface area contributed by atoms with Crippen molar-refractivity contribution in [1.82, 2.24) is 9.97 Å². The van der Waals surface area contributed by atoms with Gasteiger partial charge in [-0.05, 0) is 95.6 Å². The number of thiophene rings is 1. The summed E-state index contributed by atoms with van der Waals surface area (Å²) in [6.07, 6.45) is -0.455. The minimum atomic E-state index is -0.455. The van der Waals surface area contributed by atoms with E-state index in [0.717, 1.165) is 32.3 Å². The SMILES string of the molecule is [2H]c1nc2c(c([2H])c1[2H])c([2H])c([2H])c1c([2H])c([2H])c(-c3ccc(-c4cccc(-c5ccc(-c6ccc7ccc8cccc9ccc6c7c89)s5)c4)c4ccccc34)nc12. The fourth-order valence-corrected chi connectivity index (χ4v) is 8.67. The molecule has 51 heavy (non-hydrogen) atoms. The molecular formula is C48H28N2S. The average Bonchev–Trinajstić information content (AvgIpc) is 3.75. The van der Waals surface area contributed by atoms with Gasteiger partial charge in [0.15, 0.2) is 0 Å². The van der Waals surface area contributed by atoms with Crippen LogP contribution in [0.15, 0.2) is 170 Å². The molecule has 3 heterocycles. The molecule has 0 saturated carbocycles. The molecule has 2 nitrogen and oxygen atoms in total. The Hall–Kier alpha value is -6.42. The van der Waals surface area contributed by atoms with E-state index in [2.05, 4.69) is 96.0 Å². The van der Waals surface area contributed by atoms with Crippen LogP contribution >= 0.6 is 11.3 Å². The van der Waals surface area contributed by atoms with Crippen LogP contribution in [0, 0.1) is 0 Å². The number of hydrogen-bond acceptors (Lipinski definition) is 3. The Morgan fingerprint density at radius 1 is 0.451 bits per heavy atom. The third-order valence-corrected chi connectivity index (χ3v) is 11.2. The molecule has 0 aliphatic heterocycles. The van der Waals surface area contributed by atoms with E-state index in [1.54, 1.807) is 11.3 Å². The fraction of sp³-hybridized carbons (Fsp3) is 0. The molecule has 11 rings (SSSR count). The lowest BCUT2D eigenvalue weighted by Gasteiger charge is -2.13. The number of hydrogen-bond donors (Lipinski definition) is 0. The molecule has 0 atom stereocenters. The molecule has 3 aromatic heterocycles. The highest BCUT2D eigenvalue weighted by Gasteiger charge is 2.16. The zero-order chi connectivity index (χ0) is 39.6. The zero-order valence-corrected chi connectivity index (χ0v) is 27.7. The molecule has 0 saturated heterocycles. The second-order valence-electron chi connectivity index (χ2n) is 12.8. The first-order valence-electron chi connectivity index (χ1n) is 20.2. The monoisotopic (exact) mass is 671 g/mol. The minimum Gasteiger partial charge on any atom is -0.254 e. The summed E-state index contributed by atoms with van der Waals surface area (Å²) in [4.78, 5) is 11.4. The van der Waals surface area contributed by atoms with Crippen molar-refractivity contribution in [1.29, 1.82) is 0 Å². The topological polar surface area (TPSA) is 25.8 Å². The van der Waals surface area contributed by atoms with Gasteiger partial charge < -0.3 is 0 Å². The summed E-state index contributed by atoms with van der Waals surface area (Å²) < 4.78 is 60.2. The molecule has 0 radical (unpaired) electrons. The average molecular weight is 672 g/mol. The third-order valence-electron chi connectivity index (χ3n) is 9.99. The second-order valence-corrected chi connectivity index (χ2v) is 13.9. The molecule has 0 amide bonds. The highest BCUT2D eigenvalue weighted by Crippen LogP contribution is 2.43. The standard InChI is InChI=1S/C48H28N2S/c1-2-12-38-37(11-1)36(22-23-39(38)42-24-19-33-16-15-32-10-5-27-49-47(32)48(33)50-42)34-8-4-9-35(28-34)43-25-26-44(51-43)40-20-17-31-14-13-29-6-3-7-30-18-21-41(40)46(31)45(29)30/h1-28H/i5D,10D,15D,16D,19D,24D,27D. The smallest absolute Gasteiger partial charge is 0.0972 e. The molecular weight excluding hydrogens is 637 g/mol. The van der Waals surface area contributed by atoms with E-state index >= 15 is 0 Å². The van der Waals surface area contributed by atoms with Gasteiger partial charge in [-0.25, -0.2) is 4.98 Å².